The largest absolute Gasteiger partial charge is 0.480 e. The second-order valence-electron chi connectivity index (χ2n) is 9.89. The fraction of sp³-hybridized carbons (Fsp3) is 0.444. The first-order valence-electron chi connectivity index (χ1n) is 13.3. The summed E-state index contributed by atoms with van der Waals surface area (Å²) in [6.07, 6.45) is 0. The summed E-state index contributed by atoms with van der Waals surface area (Å²) in [5.41, 5.74) is 1.48. The third kappa shape index (κ3) is 5.41. The SMILES string of the molecule is CCOC(=O)C1=C(CN2CCN3C(=O)N(CC)C[C@@H]3[C@H]2C(=O)O)NC(c2nc(C)cs2)=N[C@H]1c1cccc(F)c1Cl. The maximum atomic E-state index is 14.6. The molecule has 2 N–H and O–H groups in total. The van der Waals surface area contributed by atoms with Gasteiger partial charge in [-0.15, -0.1) is 11.3 Å². The Balaban J connectivity index is 1.60. The standard InChI is InChI=1S/C27H30ClFN6O5S/c1-4-33-12-18-22(25(36)37)34(9-10-35(18)27(33)39)11-17-19(26(38)40-5-2)21(15-7-6-8-16(29)20(15)28)32-23(31-17)24-30-14(3)13-41-24/h6-8,13,18,21-22H,4-5,9-12H2,1-3H3,(H,31,32)(H,36,37)/t18-,21+,22+/m1/s1. The Morgan fingerprint density at radius 1 is 1.29 bits per heavy atom. The van der Waals surface area contributed by atoms with E-state index in [9.17, 15) is 23.9 Å². The number of ether oxygens (including phenoxy) is 1. The Hall–Kier alpha value is -3.55. The second kappa shape index (κ2) is 11.7. The number of nitrogens with zero attached hydrogens (tertiary/aromatic N) is 5. The molecule has 2 saturated heterocycles. The first kappa shape index (κ1) is 29.0. The van der Waals surface area contributed by atoms with E-state index in [0.717, 1.165) is 5.69 Å². The van der Waals surface area contributed by atoms with Crippen molar-refractivity contribution in [3.05, 3.63) is 62.0 Å². The van der Waals surface area contributed by atoms with Crippen LogP contribution in [0.3, 0.4) is 0 Å². The number of carboxylic acid groups (broad SMARTS) is 1. The van der Waals surface area contributed by atoms with Crippen molar-refractivity contribution in [2.24, 2.45) is 4.99 Å². The van der Waals surface area contributed by atoms with Crippen LogP contribution in [0.15, 0.2) is 39.8 Å². The molecule has 14 heteroatoms. The fourth-order valence-corrected chi connectivity index (χ4v) is 6.52. The molecule has 0 unspecified atom stereocenters. The minimum Gasteiger partial charge on any atom is -0.480 e. The molecule has 0 spiro atoms. The van der Waals surface area contributed by atoms with Crippen molar-refractivity contribution in [2.45, 2.75) is 38.9 Å². The molecule has 1 aromatic carbocycles. The number of aromatic nitrogens is 1. The van der Waals surface area contributed by atoms with Crippen molar-refractivity contribution < 1.29 is 28.6 Å². The van der Waals surface area contributed by atoms with E-state index in [4.69, 9.17) is 21.3 Å². The number of rotatable bonds is 8. The lowest BCUT2D eigenvalue weighted by Crippen LogP contribution is -2.62. The van der Waals surface area contributed by atoms with Crippen LogP contribution in [0.25, 0.3) is 0 Å². The van der Waals surface area contributed by atoms with Gasteiger partial charge in [0.25, 0.3) is 0 Å². The highest BCUT2D eigenvalue weighted by molar-refractivity contribution is 7.11. The normalized spacial score (nSPS) is 22.9. The van der Waals surface area contributed by atoms with Gasteiger partial charge in [0.15, 0.2) is 10.8 Å². The highest BCUT2D eigenvalue weighted by atomic mass is 35.5. The quantitative estimate of drug-likeness (QED) is 0.440. The summed E-state index contributed by atoms with van der Waals surface area (Å²) in [5.74, 6) is -2.08. The second-order valence-corrected chi connectivity index (χ2v) is 11.1. The van der Waals surface area contributed by atoms with Gasteiger partial charge in [-0.3, -0.25) is 14.7 Å². The van der Waals surface area contributed by atoms with Crippen molar-refractivity contribution in [3.63, 3.8) is 0 Å². The molecule has 0 radical (unpaired) electrons. The fourth-order valence-electron chi connectivity index (χ4n) is 5.54. The number of hydrogen-bond acceptors (Lipinski definition) is 9. The van der Waals surface area contributed by atoms with Crippen LogP contribution in [-0.2, 0) is 14.3 Å². The number of thiazole rings is 1. The van der Waals surface area contributed by atoms with Crippen molar-refractivity contribution >= 4 is 46.7 Å². The van der Waals surface area contributed by atoms with Gasteiger partial charge in [0.2, 0.25) is 0 Å². The van der Waals surface area contributed by atoms with E-state index >= 15 is 0 Å². The lowest BCUT2D eigenvalue weighted by molar-refractivity contribution is -0.147. The van der Waals surface area contributed by atoms with E-state index in [0.29, 0.717) is 29.6 Å². The minimum atomic E-state index is -1.08. The van der Waals surface area contributed by atoms with E-state index in [-0.39, 0.29) is 48.4 Å². The molecule has 2 amide bonds. The van der Waals surface area contributed by atoms with Gasteiger partial charge in [0, 0.05) is 55.1 Å². The Labute approximate surface area is 245 Å². The number of piperazine rings is 1. The van der Waals surface area contributed by atoms with Gasteiger partial charge in [0.1, 0.15) is 17.9 Å². The van der Waals surface area contributed by atoms with E-state index in [1.165, 1.54) is 23.5 Å². The van der Waals surface area contributed by atoms with Crippen LogP contribution in [0.5, 0.6) is 0 Å². The molecule has 3 aliphatic heterocycles. The van der Waals surface area contributed by atoms with Crippen LogP contribution in [0.4, 0.5) is 9.18 Å². The van der Waals surface area contributed by atoms with Crippen LogP contribution in [0, 0.1) is 12.7 Å². The summed E-state index contributed by atoms with van der Waals surface area (Å²) in [6, 6.07) is 1.49. The highest BCUT2D eigenvalue weighted by Crippen LogP contribution is 2.38. The third-order valence-corrected chi connectivity index (χ3v) is 8.79. The molecule has 3 aliphatic rings. The Kier molecular flexibility index (Phi) is 8.30. The maximum Gasteiger partial charge on any atom is 0.338 e. The van der Waals surface area contributed by atoms with Crippen LogP contribution >= 0.6 is 22.9 Å². The molecule has 1 aromatic heterocycles. The molecule has 3 atom stereocenters. The smallest absolute Gasteiger partial charge is 0.338 e. The average molecular weight is 605 g/mol. The molecule has 0 aliphatic carbocycles. The number of fused-ring (bicyclic) bond motifs is 1. The molecule has 41 heavy (non-hydrogen) atoms. The molecule has 2 aromatic rings. The van der Waals surface area contributed by atoms with Crippen LogP contribution in [0.2, 0.25) is 5.02 Å². The number of carbonyl (C=O) groups excluding carboxylic acids is 2. The van der Waals surface area contributed by atoms with Crippen LogP contribution in [0.1, 0.15) is 36.2 Å². The molecule has 5 rings (SSSR count). The summed E-state index contributed by atoms with van der Waals surface area (Å²) in [6.45, 7) is 6.78. The van der Waals surface area contributed by atoms with Crippen LogP contribution < -0.4 is 5.32 Å². The summed E-state index contributed by atoms with van der Waals surface area (Å²) in [4.78, 5) is 53.1. The number of carbonyl (C=O) groups is 3. The van der Waals surface area contributed by atoms with Gasteiger partial charge in [-0.25, -0.2) is 19.0 Å². The maximum absolute atomic E-state index is 14.6. The minimum absolute atomic E-state index is 0.00256. The number of aliphatic imine (C=N–C) groups is 1. The summed E-state index contributed by atoms with van der Waals surface area (Å²) in [7, 11) is 0. The predicted octanol–water partition coefficient (Wildman–Crippen LogP) is 3.05. The number of nitrogens with one attached hydrogen (secondary N) is 1. The number of amidine groups is 1. The van der Waals surface area contributed by atoms with E-state index < -0.39 is 35.9 Å². The number of urea groups is 1. The van der Waals surface area contributed by atoms with Crippen molar-refractivity contribution in [2.75, 3.05) is 39.3 Å². The molecule has 11 nitrogen and oxygen atoms in total. The topological polar surface area (TPSA) is 128 Å². The number of esters is 1. The molecule has 218 valence electrons. The van der Waals surface area contributed by atoms with E-state index in [2.05, 4.69) is 10.3 Å². The molecule has 4 heterocycles. The van der Waals surface area contributed by atoms with Gasteiger partial charge in [-0.05, 0) is 26.8 Å². The van der Waals surface area contributed by atoms with Crippen molar-refractivity contribution in [1.29, 1.82) is 0 Å². The zero-order valence-corrected chi connectivity index (χ0v) is 24.3. The lowest BCUT2D eigenvalue weighted by Gasteiger charge is -2.42. The van der Waals surface area contributed by atoms with Crippen LogP contribution in [-0.4, -0.2) is 100 Å². The first-order valence-corrected chi connectivity index (χ1v) is 14.5. The average Bonchev–Trinajstić information content (AvgIpc) is 3.52. The number of likely N-dealkylation sites (N-methyl/N-ethyl adjacent to an activating group) is 1. The zero-order valence-electron chi connectivity index (χ0n) is 22.8. The highest BCUT2D eigenvalue weighted by Gasteiger charge is 2.49. The zero-order chi connectivity index (χ0) is 29.4. The number of aliphatic carboxylic acids is 1. The molecule has 2 fully saturated rings. The Morgan fingerprint density at radius 2 is 2.07 bits per heavy atom. The summed E-state index contributed by atoms with van der Waals surface area (Å²) in [5, 5.41) is 15.7. The summed E-state index contributed by atoms with van der Waals surface area (Å²) < 4.78 is 20.0. The molecular formula is C27H30ClFN6O5S. The molecule has 0 saturated carbocycles. The monoisotopic (exact) mass is 604 g/mol. The first-order chi connectivity index (χ1) is 19.6. The van der Waals surface area contributed by atoms with E-state index in [1.807, 2.05) is 19.2 Å². The van der Waals surface area contributed by atoms with E-state index in [1.54, 1.807) is 27.7 Å². The Morgan fingerprint density at radius 3 is 2.73 bits per heavy atom. The van der Waals surface area contributed by atoms with Gasteiger partial charge in [-0.1, -0.05) is 23.7 Å². The molecule has 0 bridgehead atoms. The number of amides is 2. The van der Waals surface area contributed by atoms with Gasteiger partial charge in [0.05, 0.1) is 23.2 Å². The van der Waals surface area contributed by atoms with Gasteiger partial charge < -0.3 is 25.0 Å². The number of carboxylic acids is 1. The number of aryl methyl sites for hydroxylation is 1. The number of benzene rings is 1. The van der Waals surface area contributed by atoms with Gasteiger partial charge >= 0.3 is 18.0 Å². The Bertz CT molecular complexity index is 1450. The predicted molar refractivity (Wildman–Crippen MR) is 150 cm³/mol. The number of hydrogen-bond donors (Lipinski definition) is 2. The summed E-state index contributed by atoms with van der Waals surface area (Å²) >= 11 is 7.74. The van der Waals surface area contributed by atoms with Crippen molar-refractivity contribution in [3.8, 4) is 0 Å². The molecular weight excluding hydrogens is 575 g/mol. The lowest BCUT2D eigenvalue weighted by atomic mass is 9.94. The number of halogens is 2. The van der Waals surface area contributed by atoms with Crippen molar-refractivity contribution in [1.82, 2.24) is 25.0 Å². The third-order valence-electron chi connectivity index (χ3n) is 7.42. The van der Waals surface area contributed by atoms with Gasteiger partial charge in [-0.2, -0.15) is 0 Å².